The van der Waals surface area contributed by atoms with Crippen LogP contribution in [0.15, 0.2) is 30.3 Å². The van der Waals surface area contributed by atoms with Crippen molar-refractivity contribution in [3.05, 3.63) is 36.4 Å². The van der Waals surface area contributed by atoms with Crippen LogP contribution < -0.4 is 17.5 Å². The molecule has 1 nitrogen and oxygen atoms in total. The number of benzene rings is 1. The SMILES string of the molecule is C[O-].[Cl-].[Mg+2].[c-]1ccccc1. The van der Waals surface area contributed by atoms with E-state index in [-0.39, 0.29) is 35.5 Å². The second kappa shape index (κ2) is 16.1. The van der Waals surface area contributed by atoms with E-state index in [1.165, 1.54) is 0 Å². The summed E-state index contributed by atoms with van der Waals surface area (Å²) in [4.78, 5) is 0. The Morgan fingerprint density at radius 1 is 1.00 bits per heavy atom. The van der Waals surface area contributed by atoms with Crippen LogP contribution >= 0.6 is 0 Å². The molecule has 0 fully saturated rings. The molecule has 0 aliphatic carbocycles. The number of halogens is 1. The second-order valence-corrected chi connectivity index (χ2v) is 1.08. The Morgan fingerprint density at radius 3 is 1.50 bits per heavy atom. The first-order valence-corrected chi connectivity index (χ1v) is 2.32. The molecule has 0 spiro atoms. The van der Waals surface area contributed by atoms with Crippen molar-refractivity contribution in [1.29, 1.82) is 0 Å². The van der Waals surface area contributed by atoms with Gasteiger partial charge in [-0.15, -0.1) is 0 Å². The molecule has 0 aliphatic rings. The largest absolute Gasteiger partial charge is 2.00 e. The third kappa shape index (κ3) is 11.1. The van der Waals surface area contributed by atoms with E-state index in [2.05, 4.69) is 6.07 Å². The van der Waals surface area contributed by atoms with Gasteiger partial charge in [-0.25, -0.2) is 0 Å². The fourth-order valence-electron chi connectivity index (χ4n) is 0.342. The summed E-state index contributed by atoms with van der Waals surface area (Å²) in [5, 5.41) is 8.25. The van der Waals surface area contributed by atoms with Crippen molar-refractivity contribution < 1.29 is 17.5 Å². The summed E-state index contributed by atoms with van der Waals surface area (Å²) in [7, 11) is 0.750. The summed E-state index contributed by atoms with van der Waals surface area (Å²) >= 11 is 0. The molecule has 0 aromatic heterocycles. The summed E-state index contributed by atoms with van der Waals surface area (Å²) < 4.78 is 0. The zero-order valence-corrected chi connectivity index (χ0v) is 8.05. The number of hydrogen-bond donors (Lipinski definition) is 0. The van der Waals surface area contributed by atoms with Crippen LogP contribution in [0.2, 0.25) is 0 Å². The molecule has 0 N–H and O–H groups in total. The van der Waals surface area contributed by atoms with Gasteiger partial charge in [-0.3, -0.25) is 0 Å². The first-order chi connectivity index (χ1) is 4.00. The minimum Gasteiger partial charge on any atom is -1.00 e. The van der Waals surface area contributed by atoms with Crippen LogP contribution in [-0.2, 0) is 0 Å². The van der Waals surface area contributed by atoms with E-state index < -0.39 is 0 Å². The van der Waals surface area contributed by atoms with Gasteiger partial charge in [-0.05, 0) is 0 Å². The molecule has 0 bridgehead atoms. The summed E-state index contributed by atoms with van der Waals surface area (Å²) in [6.07, 6.45) is 0. The average Bonchev–Trinajstić information content (AvgIpc) is 1.96. The number of rotatable bonds is 0. The topological polar surface area (TPSA) is 23.1 Å². The van der Waals surface area contributed by atoms with Gasteiger partial charge in [0, 0.05) is 0 Å². The number of hydrogen-bond acceptors (Lipinski definition) is 1. The maximum Gasteiger partial charge on any atom is 2.00 e. The molecule has 0 heterocycles. The molecule has 0 aliphatic heterocycles. The van der Waals surface area contributed by atoms with E-state index in [9.17, 15) is 0 Å². The molecule has 0 amide bonds. The van der Waals surface area contributed by atoms with Crippen LogP contribution in [0.3, 0.4) is 0 Å². The predicted octanol–water partition coefficient (Wildman–Crippen LogP) is -2.91. The molecular weight excluding hydrogens is 160 g/mol. The Morgan fingerprint density at radius 2 is 1.40 bits per heavy atom. The quantitative estimate of drug-likeness (QED) is 0.300. The maximum atomic E-state index is 8.25. The van der Waals surface area contributed by atoms with Crippen molar-refractivity contribution in [3.63, 3.8) is 0 Å². The molecule has 1 rings (SSSR count). The summed E-state index contributed by atoms with van der Waals surface area (Å²) in [6.45, 7) is 0. The summed E-state index contributed by atoms with van der Waals surface area (Å²) in [6, 6.07) is 12.5. The van der Waals surface area contributed by atoms with Crippen LogP contribution in [0, 0.1) is 6.07 Å². The van der Waals surface area contributed by atoms with Crippen molar-refractivity contribution in [1.82, 2.24) is 0 Å². The standard InChI is InChI=1S/C6H5.CH3O.ClH.Mg/c1-2-4-6-5-3-1;1-2;;/h1-5H;1H3;1H;/q2*-1;;+2/p-1. The minimum atomic E-state index is 0. The van der Waals surface area contributed by atoms with E-state index >= 15 is 0 Å². The molecule has 0 atom stereocenters. The molecule has 0 saturated carbocycles. The Bertz CT molecular complexity index is 85.5. The molecular formula is C7H8ClMgO-. The van der Waals surface area contributed by atoms with Crippen LogP contribution in [-0.4, -0.2) is 30.2 Å². The van der Waals surface area contributed by atoms with Gasteiger partial charge in [0.05, 0.1) is 0 Å². The minimum absolute atomic E-state index is 0. The van der Waals surface area contributed by atoms with E-state index in [1.54, 1.807) is 0 Å². The molecule has 0 radical (unpaired) electrons. The molecule has 10 heavy (non-hydrogen) atoms. The van der Waals surface area contributed by atoms with Crippen molar-refractivity contribution in [3.8, 4) is 0 Å². The summed E-state index contributed by atoms with van der Waals surface area (Å²) in [5.41, 5.74) is 0. The first-order valence-electron chi connectivity index (χ1n) is 2.32. The molecule has 0 saturated heterocycles. The van der Waals surface area contributed by atoms with Gasteiger partial charge in [0.1, 0.15) is 0 Å². The predicted molar refractivity (Wildman–Crippen MR) is 37.0 cm³/mol. The fraction of sp³-hybridized carbons (Fsp3) is 0.143. The van der Waals surface area contributed by atoms with Gasteiger partial charge in [-0.1, -0.05) is 0 Å². The van der Waals surface area contributed by atoms with E-state index in [0.29, 0.717) is 0 Å². The van der Waals surface area contributed by atoms with E-state index in [4.69, 9.17) is 5.11 Å². The fourth-order valence-corrected chi connectivity index (χ4v) is 0.342. The maximum absolute atomic E-state index is 8.25. The zero-order valence-electron chi connectivity index (χ0n) is 5.88. The van der Waals surface area contributed by atoms with Crippen LogP contribution in [0.25, 0.3) is 0 Å². The zero-order chi connectivity index (χ0) is 6.24. The van der Waals surface area contributed by atoms with Crippen LogP contribution in [0.1, 0.15) is 0 Å². The van der Waals surface area contributed by atoms with Crippen molar-refractivity contribution in [2.75, 3.05) is 7.11 Å². The molecule has 1 aromatic carbocycles. The average molecular weight is 168 g/mol. The van der Waals surface area contributed by atoms with Gasteiger partial charge in [0.25, 0.3) is 0 Å². The van der Waals surface area contributed by atoms with Gasteiger partial charge in [-0.2, -0.15) is 43.5 Å². The van der Waals surface area contributed by atoms with Crippen molar-refractivity contribution in [2.45, 2.75) is 0 Å². The van der Waals surface area contributed by atoms with Gasteiger partial charge < -0.3 is 17.5 Å². The van der Waals surface area contributed by atoms with Crippen molar-refractivity contribution in [2.24, 2.45) is 0 Å². The van der Waals surface area contributed by atoms with E-state index in [0.717, 1.165) is 7.11 Å². The Hall–Kier alpha value is 0.236. The normalized spacial score (nSPS) is 5.40. The first kappa shape index (κ1) is 16.7. The Balaban J connectivity index is -0.000000114. The third-order valence-electron chi connectivity index (χ3n) is 0.607. The van der Waals surface area contributed by atoms with Gasteiger partial charge >= 0.3 is 23.1 Å². The molecule has 1 aromatic rings. The second-order valence-electron chi connectivity index (χ2n) is 1.08. The monoisotopic (exact) mass is 167 g/mol. The molecule has 52 valence electrons. The Labute approximate surface area is 84.0 Å². The molecule has 3 heteroatoms. The molecule has 0 unspecified atom stereocenters. The van der Waals surface area contributed by atoms with Crippen LogP contribution in [0.5, 0.6) is 0 Å². The van der Waals surface area contributed by atoms with Crippen LogP contribution in [0.4, 0.5) is 0 Å². The van der Waals surface area contributed by atoms with Gasteiger partial charge in [0.2, 0.25) is 0 Å². The van der Waals surface area contributed by atoms with Gasteiger partial charge in [0.15, 0.2) is 0 Å². The van der Waals surface area contributed by atoms with Crippen molar-refractivity contribution >= 4 is 23.1 Å². The summed E-state index contributed by atoms with van der Waals surface area (Å²) in [5.74, 6) is 0. The van der Waals surface area contributed by atoms with E-state index in [1.807, 2.05) is 30.3 Å². The smallest absolute Gasteiger partial charge is 1.00 e. The Kier molecular flexibility index (Phi) is 26.9. The third-order valence-corrected chi connectivity index (χ3v) is 0.607.